The third kappa shape index (κ3) is 4.25. The van der Waals surface area contributed by atoms with E-state index in [0.717, 1.165) is 22.3 Å². The number of aromatic nitrogens is 1. The lowest BCUT2D eigenvalue weighted by molar-refractivity contribution is 0.0957. The molecule has 2 aromatic carbocycles. The van der Waals surface area contributed by atoms with E-state index in [1.54, 1.807) is 6.20 Å². The van der Waals surface area contributed by atoms with Crippen LogP contribution in [-0.2, 0) is 13.0 Å². The van der Waals surface area contributed by atoms with Crippen LogP contribution >= 0.6 is 0 Å². The maximum absolute atomic E-state index is 12.5. The van der Waals surface area contributed by atoms with Gasteiger partial charge in [0.1, 0.15) is 5.76 Å². The van der Waals surface area contributed by atoms with Crippen LogP contribution < -0.4 is 5.32 Å². The summed E-state index contributed by atoms with van der Waals surface area (Å²) in [6.07, 6.45) is 1.79. The molecule has 0 unspecified atom stereocenters. The van der Waals surface area contributed by atoms with Crippen LogP contribution in [0.25, 0.3) is 11.1 Å². The van der Waals surface area contributed by atoms with E-state index in [-0.39, 0.29) is 24.7 Å². The number of benzene rings is 2. The number of oxazole rings is 1. The highest BCUT2D eigenvalue weighted by Gasteiger charge is 2.16. The number of ketones is 1. The number of carbonyl (C=O) groups is 1. The van der Waals surface area contributed by atoms with Gasteiger partial charge in [-0.1, -0.05) is 48.5 Å². The fraction of sp³-hybridized carbons (Fsp3) is 0.238. The van der Waals surface area contributed by atoms with Gasteiger partial charge in [-0.15, -0.1) is 0 Å². The van der Waals surface area contributed by atoms with E-state index in [1.807, 2.05) is 37.3 Å². The Balaban J connectivity index is 1.74. The first-order valence-electron chi connectivity index (χ1n) is 8.62. The zero-order chi connectivity index (χ0) is 18.4. The molecule has 0 amide bonds. The number of Topliss-reactive ketones (excluding diaryl/α,β-unsaturated/α-hetero) is 1. The maximum Gasteiger partial charge on any atom is 0.263 e. The van der Waals surface area contributed by atoms with Crippen LogP contribution in [0.15, 0.2) is 59.1 Å². The average molecular weight is 350 g/mol. The molecular weight excluding hydrogens is 328 g/mol. The van der Waals surface area contributed by atoms with E-state index in [1.165, 1.54) is 0 Å². The molecule has 0 bridgehead atoms. The molecule has 0 atom stereocenters. The molecule has 3 aromatic rings. The van der Waals surface area contributed by atoms with Crippen LogP contribution in [0.3, 0.4) is 0 Å². The molecule has 1 aromatic heterocycles. The summed E-state index contributed by atoms with van der Waals surface area (Å²) in [4.78, 5) is 16.6. The maximum atomic E-state index is 12.5. The van der Waals surface area contributed by atoms with Crippen molar-refractivity contribution >= 4 is 5.78 Å². The normalized spacial score (nSPS) is 10.8. The minimum absolute atomic E-state index is 0.0525. The van der Waals surface area contributed by atoms with Gasteiger partial charge in [0.05, 0.1) is 19.3 Å². The lowest BCUT2D eigenvalue weighted by atomic mass is 9.94. The van der Waals surface area contributed by atoms with Gasteiger partial charge in [0.25, 0.3) is 5.89 Å². The summed E-state index contributed by atoms with van der Waals surface area (Å²) < 4.78 is 5.51. The number of hydrogen-bond donors (Lipinski definition) is 2. The van der Waals surface area contributed by atoms with Crippen LogP contribution in [0.2, 0.25) is 0 Å². The number of hydrogen-bond acceptors (Lipinski definition) is 5. The van der Waals surface area contributed by atoms with Gasteiger partial charge >= 0.3 is 0 Å². The van der Waals surface area contributed by atoms with Crippen LogP contribution in [-0.4, -0.2) is 29.0 Å². The second-order valence-corrected chi connectivity index (χ2v) is 6.09. The van der Waals surface area contributed by atoms with Crippen LogP contribution in [0, 0.1) is 6.92 Å². The van der Waals surface area contributed by atoms with Gasteiger partial charge < -0.3 is 14.8 Å². The van der Waals surface area contributed by atoms with Gasteiger partial charge in [-0.25, -0.2) is 4.98 Å². The van der Waals surface area contributed by atoms with Crippen molar-refractivity contribution < 1.29 is 14.3 Å². The Labute approximate surface area is 152 Å². The standard InChI is InChI=1S/C21H22N2O3/c1-15-17(8-5-9-19(15)16-6-3-2-4-7-16)12-20(25)21-23-14-18(26-21)13-22-10-11-24/h2-9,14,22,24H,10-13H2,1H3. The number of carbonyl (C=O) groups excluding carboxylic acids is 1. The molecule has 5 nitrogen and oxygen atoms in total. The topological polar surface area (TPSA) is 75.4 Å². The average Bonchev–Trinajstić information content (AvgIpc) is 3.13. The summed E-state index contributed by atoms with van der Waals surface area (Å²) in [6, 6.07) is 16.1. The van der Waals surface area contributed by atoms with Crippen LogP contribution in [0.4, 0.5) is 0 Å². The number of nitrogens with zero attached hydrogens (tertiary/aromatic N) is 1. The van der Waals surface area contributed by atoms with Crippen LogP contribution in [0.5, 0.6) is 0 Å². The van der Waals surface area contributed by atoms with Crippen molar-refractivity contribution in [3.05, 3.63) is 77.5 Å². The number of aliphatic hydroxyl groups is 1. The van der Waals surface area contributed by atoms with E-state index < -0.39 is 0 Å². The molecule has 1 heterocycles. The van der Waals surface area contributed by atoms with Crippen molar-refractivity contribution in [2.75, 3.05) is 13.2 Å². The molecule has 0 saturated carbocycles. The van der Waals surface area contributed by atoms with Gasteiger partial charge in [-0.05, 0) is 29.2 Å². The zero-order valence-corrected chi connectivity index (χ0v) is 14.7. The molecule has 2 N–H and O–H groups in total. The minimum atomic E-state index is -0.147. The highest BCUT2D eigenvalue weighted by molar-refractivity contribution is 5.93. The fourth-order valence-electron chi connectivity index (χ4n) is 2.86. The zero-order valence-electron chi connectivity index (χ0n) is 14.7. The summed E-state index contributed by atoms with van der Waals surface area (Å²) in [6.45, 7) is 2.99. The molecule has 0 saturated heterocycles. The van der Waals surface area contributed by atoms with Gasteiger partial charge in [-0.3, -0.25) is 4.79 Å². The Morgan fingerprint density at radius 2 is 1.96 bits per heavy atom. The first-order chi connectivity index (χ1) is 12.7. The second kappa shape index (κ2) is 8.56. The summed E-state index contributed by atoms with van der Waals surface area (Å²) in [5.41, 5.74) is 4.31. The predicted octanol–water partition coefficient (Wildman–Crippen LogP) is 3.16. The first kappa shape index (κ1) is 18.0. The molecule has 0 fully saturated rings. The van der Waals surface area contributed by atoms with Gasteiger partial charge in [0.2, 0.25) is 5.78 Å². The molecule has 0 aliphatic carbocycles. The highest BCUT2D eigenvalue weighted by atomic mass is 16.4. The molecule has 134 valence electrons. The smallest absolute Gasteiger partial charge is 0.263 e. The Kier molecular flexibility index (Phi) is 5.94. The van der Waals surface area contributed by atoms with E-state index >= 15 is 0 Å². The summed E-state index contributed by atoms with van der Waals surface area (Å²) >= 11 is 0. The Bertz CT molecular complexity index is 872. The SMILES string of the molecule is Cc1c(CC(=O)c2ncc(CNCCO)o2)cccc1-c1ccccc1. The summed E-state index contributed by atoms with van der Waals surface area (Å²) in [7, 11) is 0. The van der Waals surface area contributed by atoms with E-state index in [2.05, 4.69) is 28.5 Å². The van der Waals surface area contributed by atoms with Crippen molar-refractivity contribution in [2.45, 2.75) is 19.9 Å². The number of aliphatic hydroxyl groups excluding tert-OH is 1. The fourth-order valence-corrected chi connectivity index (χ4v) is 2.86. The third-order valence-corrected chi connectivity index (χ3v) is 4.26. The van der Waals surface area contributed by atoms with Crippen molar-refractivity contribution in [3.63, 3.8) is 0 Å². The molecule has 0 spiro atoms. The Morgan fingerprint density at radius 3 is 2.73 bits per heavy atom. The molecule has 5 heteroatoms. The van der Waals surface area contributed by atoms with Gasteiger partial charge in [0.15, 0.2) is 0 Å². The molecule has 3 rings (SSSR count). The lowest BCUT2D eigenvalue weighted by Crippen LogP contribution is -2.17. The molecule has 26 heavy (non-hydrogen) atoms. The molecule has 0 aliphatic rings. The van der Waals surface area contributed by atoms with E-state index in [9.17, 15) is 4.79 Å². The Hall–Kier alpha value is -2.76. The van der Waals surface area contributed by atoms with Crippen molar-refractivity contribution in [3.8, 4) is 11.1 Å². The number of rotatable bonds is 8. The van der Waals surface area contributed by atoms with E-state index in [4.69, 9.17) is 9.52 Å². The number of nitrogens with one attached hydrogen (secondary N) is 1. The Morgan fingerprint density at radius 1 is 1.15 bits per heavy atom. The van der Waals surface area contributed by atoms with Crippen LogP contribution in [0.1, 0.15) is 27.6 Å². The highest BCUT2D eigenvalue weighted by Crippen LogP contribution is 2.26. The minimum Gasteiger partial charge on any atom is -0.438 e. The van der Waals surface area contributed by atoms with Crippen molar-refractivity contribution in [2.24, 2.45) is 0 Å². The predicted molar refractivity (Wildman–Crippen MR) is 99.9 cm³/mol. The van der Waals surface area contributed by atoms with E-state index in [0.29, 0.717) is 18.8 Å². The first-order valence-corrected chi connectivity index (χ1v) is 8.62. The largest absolute Gasteiger partial charge is 0.438 e. The third-order valence-electron chi connectivity index (χ3n) is 4.26. The molecule has 0 radical (unpaired) electrons. The van der Waals surface area contributed by atoms with Gasteiger partial charge in [0, 0.05) is 13.0 Å². The molecule has 0 aliphatic heterocycles. The summed E-state index contributed by atoms with van der Waals surface area (Å²) in [5, 5.41) is 11.8. The molecular formula is C21H22N2O3. The quantitative estimate of drug-likeness (QED) is 0.482. The summed E-state index contributed by atoms with van der Waals surface area (Å²) in [5.74, 6) is 0.554. The lowest BCUT2D eigenvalue weighted by Gasteiger charge is -2.10. The van der Waals surface area contributed by atoms with Crippen molar-refractivity contribution in [1.29, 1.82) is 0 Å². The van der Waals surface area contributed by atoms with Gasteiger partial charge in [-0.2, -0.15) is 0 Å². The van der Waals surface area contributed by atoms with Crippen molar-refractivity contribution in [1.82, 2.24) is 10.3 Å². The monoisotopic (exact) mass is 350 g/mol. The second-order valence-electron chi connectivity index (χ2n) is 6.09.